The molecule has 0 aliphatic carbocycles. The van der Waals surface area contributed by atoms with Gasteiger partial charge < -0.3 is 0 Å². The minimum absolute atomic E-state index is 0.248. The first-order valence-electron chi connectivity index (χ1n) is 8.28. The van der Waals surface area contributed by atoms with E-state index in [-0.39, 0.29) is 5.91 Å². The van der Waals surface area contributed by atoms with Crippen LogP contribution in [0.2, 0.25) is 0 Å². The molecule has 130 valence electrons. The van der Waals surface area contributed by atoms with Crippen molar-refractivity contribution < 1.29 is 4.79 Å². The molecular formula is C18H20N4OS2. The zero-order chi connectivity index (χ0) is 17.8. The van der Waals surface area contributed by atoms with Gasteiger partial charge in [-0.1, -0.05) is 55.0 Å². The highest BCUT2D eigenvalue weighted by molar-refractivity contribution is 7.15. The quantitative estimate of drug-likeness (QED) is 0.651. The zero-order valence-electron chi connectivity index (χ0n) is 14.4. The number of hydrogen-bond donors (Lipinski definition) is 1. The number of carbonyl (C=O) groups excluding carboxylic acids is 1. The number of hydrogen-bond acceptors (Lipinski definition) is 6. The highest BCUT2D eigenvalue weighted by Gasteiger charge is 2.17. The number of rotatable bonds is 6. The summed E-state index contributed by atoms with van der Waals surface area (Å²) in [6.45, 7) is 6.31. The molecule has 0 saturated carbocycles. The van der Waals surface area contributed by atoms with Crippen molar-refractivity contribution in [1.29, 1.82) is 0 Å². The van der Waals surface area contributed by atoms with Crippen LogP contribution in [0.15, 0.2) is 29.6 Å². The molecule has 0 unspecified atom stereocenters. The first-order valence-corrected chi connectivity index (χ1v) is 9.97. The summed E-state index contributed by atoms with van der Waals surface area (Å²) in [6.07, 6.45) is 2.04. The highest BCUT2D eigenvalue weighted by atomic mass is 32.1. The van der Waals surface area contributed by atoms with Crippen LogP contribution < -0.4 is 5.32 Å². The number of benzene rings is 1. The minimum Gasteiger partial charge on any atom is -0.295 e. The van der Waals surface area contributed by atoms with E-state index >= 15 is 0 Å². The van der Waals surface area contributed by atoms with Gasteiger partial charge in [-0.25, -0.2) is 4.98 Å². The summed E-state index contributed by atoms with van der Waals surface area (Å²) in [5.41, 5.74) is 2.62. The van der Waals surface area contributed by atoms with Gasteiger partial charge in [0.25, 0.3) is 5.91 Å². The normalized spacial score (nSPS) is 11.0. The fourth-order valence-electron chi connectivity index (χ4n) is 2.46. The smallest absolute Gasteiger partial charge is 0.276 e. The molecule has 1 aromatic carbocycles. The Hall–Kier alpha value is -2.12. The molecule has 0 saturated heterocycles. The van der Waals surface area contributed by atoms with Crippen LogP contribution in [0, 0.1) is 6.92 Å². The molecule has 0 bridgehead atoms. The summed E-state index contributed by atoms with van der Waals surface area (Å²) in [4.78, 5) is 16.8. The van der Waals surface area contributed by atoms with Gasteiger partial charge in [-0.15, -0.1) is 21.5 Å². The molecule has 5 nitrogen and oxygen atoms in total. The van der Waals surface area contributed by atoms with Crippen molar-refractivity contribution in [3.8, 4) is 10.6 Å². The summed E-state index contributed by atoms with van der Waals surface area (Å²) >= 11 is 2.90. The average Bonchev–Trinajstić information content (AvgIpc) is 3.27. The van der Waals surface area contributed by atoms with Gasteiger partial charge in [-0.3, -0.25) is 10.1 Å². The SMILES string of the molecule is CCC(CC)c1nnc(NC(=O)c2csc(-c3ccc(C)cc3)n2)s1. The second-order valence-electron chi connectivity index (χ2n) is 5.82. The number of thiazole rings is 1. The topological polar surface area (TPSA) is 67.8 Å². The summed E-state index contributed by atoms with van der Waals surface area (Å²) in [7, 11) is 0. The summed E-state index contributed by atoms with van der Waals surface area (Å²) < 4.78 is 0. The van der Waals surface area contributed by atoms with Crippen LogP contribution in [-0.4, -0.2) is 21.1 Å². The lowest BCUT2D eigenvalue weighted by atomic mass is 10.1. The highest BCUT2D eigenvalue weighted by Crippen LogP contribution is 2.29. The lowest BCUT2D eigenvalue weighted by molar-refractivity contribution is 0.102. The van der Waals surface area contributed by atoms with E-state index in [0.29, 0.717) is 16.7 Å². The third-order valence-corrected chi connectivity index (χ3v) is 5.92. The Bertz CT molecular complexity index is 850. The van der Waals surface area contributed by atoms with Crippen LogP contribution in [0.3, 0.4) is 0 Å². The van der Waals surface area contributed by atoms with Gasteiger partial charge in [-0.05, 0) is 19.8 Å². The molecule has 7 heteroatoms. The lowest BCUT2D eigenvalue weighted by Crippen LogP contribution is -2.12. The molecule has 2 aromatic heterocycles. The van der Waals surface area contributed by atoms with E-state index < -0.39 is 0 Å². The average molecular weight is 373 g/mol. The molecule has 0 radical (unpaired) electrons. The molecule has 2 heterocycles. The molecule has 25 heavy (non-hydrogen) atoms. The predicted octanol–water partition coefficient (Wildman–Crippen LogP) is 5.13. The van der Waals surface area contributed by atoms with Crippen LogP contribution in [0.1, 0.15) is 53.7 Å². The molecule has 3 rings (SSSR count). The van der Waals surface area contributed by atoms with Crippen LogP contribution in [-0.2, 0) is 0 Å². The van der Waals surface area contributed by atoms with Crippen LogP contribution in [0.4, 0.5) is 5.13 Å². The molecule has 0 aliphatic heterocycles. The third-order valence-electron chi connectivity index (χ3n) is 4.03. The Labute approximate surface area is 155 Å². The second-order valence-corrected chi connectivity index (χ2v) is 7.68. The van der Waals surface area contributed by atoms with Gasteiger partial charge in [-0.2, -0.15) is 0 Å². The molecule has 0 spiro atoms. The Morgan fingerprint density at radius 3 is 2.56 bits per heavy atom. The Balaban J connectivity index is 1.71. The molecule has 0 atom stereocenters. The predicted molar refractivity (Wildman–Crippen MR) is 103 cm³/mol. The van der Waals surface area contributed by atoms with Gasteiger partial charge >= 0.3 is 0 Å². The van der Waals surface area contributed by atoms with Crippen LogP contribution in [0.5, 0.6) is 0 Å². The van der Waals surface area contributed by atoms with Gasteiger partial charge in [0.15, 0.2) is 0 Å². The number of nitrogens with one attached hydrogen (secondary N) is 1. The lowest BCUT2D eigenvalue weighted by Gasteiger charge is -2.05. The van der Waals surface area contributed by atoms with Crippen molar-refractivity contribution in [1.82, 2.24) is 15.2 Å². The van der Waals surface area contributed by atoms with Gasteiger partial charge in [0.1, 0.15) is 15.7 Å². The monoisotopic (exact) mass is 372 g/mol. The van der Waals surface area contributed by atoms with E-state index in [1.165, 1.54) is 28.2 Å². The maximum absolute atomic E-state index is 12.4. The van der Waals surface area contributed by atoms with Crippen LogP contribution >= 0.6 is 22.7 Å². The maximum atomic E-state index is 12.4. The number of aromatic nitrogens is 3. The molecule has 0 aliphatic rings. The van der Waals surface area contributed by atoms with E-state index in [0.717, 1.165) is 28.4 Å². The number of carbonyl (C=O) groups is 1. The minimum atomic E-state index is -0.248. The van der Waals surface area contributed by atoms with Gasteiger partial charge in [0.2, 0.25) is 5.13 Å². The molecule has 0 fully saturated rings. The standard InChI is InChI=1S/C18H20N4OS2/c1-4-12(5-2)17-21-22-18(25-17)20-15(23)14-10-24-16(19-14)13-8-6-11(3)7-9-13/h6-10,12H,4-5H2,1-3H3,(H,20,22,23). The van der Waals surface area contributed by atoms with Crippen molar-refractivity contribution in [2.45, 2.75) is 39.5 Å². The summed E-state index contributed by atoms with van der Waals surface area (Å²) in [5, 5.41) is 15.2. The number of amides is 1. The van der Waals surface area contributed by atoms with Crippen molar-refractivity contribution in [3.05, 3.63) is 45.9 Å². The molecule has 1 N–H and O–H groups in total. The van der Waals surface area contributed by atoms with E-state index in [4.69, 9.17) is 0 Å². The van der Waals surface area contributed by atoms with Crippen molar-refractivity contribution in [2.24, 2.45) is 0 Å². The number of aryl methyl sites for hydroxylation is 1. The van der Waals surface area contributed by atoms with Crippen molar-refractivity contribution in [2.75, 3.05) is 5.32 Å². The molecule has 1 amide bonds. The summed E-state index contributed by atoms with van der Waals surface area (Å²) in [5.74, 6) is 0.150. The zero-order valence-corrected chi connectivity index (χ0v) is 16.1. The Morgan fingerprint density at radius 2 is 1.88 bits per heavy atom. The maximum Gasteiger partial charge on any atom is 0.276 e. The summed E-state index contributed by atoms with van der Waals surface area (Å²) in [6, 6.07) is 8.11. The molecule has 3 aromatic rings. The van der Waals surface area contributed by atoms with E-state index in [1.807, 2.05) is 31.2 Å². The van der Waals surface area contributed by atoms with E-state index in [2.05, 4.69) is 34.3 Å². The fourth-order valence-corrected chi connectivity index (χ4v) is 4.27. The van der Waals surface area contributed by atoms with Gasteiger partial charge in [0, 0.05) is 16.9 Å². The van der Waals surface area contributed by atoms with E-state index in [1.54, 1.807) is 5.38 Å². The fraction of sp³-hybridized carbons (Fsp3) is 0.333. The number of anilines is 1. The van der Waals surface area contributed by atoms with Crippen LogP contribution in [0.25, 0.3) is 10.6 Å². The molecular weight excluding hydrogens is 352 g/mol. The largest absolute Gasteiger partial charge is 0.295 e. The van der Waals surface area contributed by atoms with E-state index in [9.17, 15) is 4.79 Å². The van der Waals surface area contributed by atoms with Gasteiger partial charge in [0.05, 0.1) is 0 Å². The Kier molecular flexibility index (Phi) is 5.55. The number of nitrogens with zero attached hydrogens (tertiary/aromatic N) is 3. The third kappa shape index (κ3) is 4.11. The first kappa shape index (κ1) is 17.7. The first-order chi connectivity index (χ1) is 12.1. The van der Waals surface area contributed by atoms with Crippen molar-refractivity contribution in [3.63, 3.8) is 0 Å². The Morgan fingerprint density at radius 1 is 1.16 bits per heavy atom. The van der Waals surface area contributed by atoms with Crippen molar-refractivity contribution >= 4 is 33.7 Å². The second kappa shape index (κ2) is 7.84.